The Bertz CT molecular complexity index is 392. The minimum absolute atomic E-state index is 0.262. The summed E-state index contributed by atoms with van der Waals surface area (Å²) in [6, 6.07) is 8.41. The summed E-state index contributed by atoms with van der Waals surface area (Å²) in [6.07, 6.45) is 4.47. The topological polar surface area (TPSA) is 32.3 Å². The monoisotopic (exact) mass is 261 g/mol. The van der Waals surface area contributed by atoms with Gasteiger partial charge in [0.15, 0.2) is 0 Å². The summed E-state index contributed by atoms with van der Waals surface area (Å²) in [5.74, 6) is 0.677. The maximum Gasteiger partial charge on any atom is 0.0914 e. The van der Waals surface area contributed by atoms with Crippen LogP contribution in [0.5, 0.6) is 0 Å². The van der Waals surface area contributed by atoms with E-state index in [1.165, 1.54) is 24.8 Å². The average Bonchev–Trinajstić information content (AvgIpc) is 2.34. The zero-order valence-electron chi connectivity index (χ0n) is 12.4. The van der Waals surface area contributed by atoms with Gasteiger partial charge in [-0.2, -0.15) is 0 Å². The Morgan fingerprint density at radius 3 is 2.32 bits per heavy atom. The summed E-state index contributed by atoms with van der Waals surface area (Å²) in [7, 11) is 0. The lowest BCUT2D eigenvalue weighted by molar-refractivity contribution is 0.132. The van der Waals surface area contributed by atoms with Gasteiger partial charge in [0.25, 0.3) is 0 Å². The Morgan fingerprint density at radius 1 is 1.21 bits per heavy atom. The summed E-state index contributed by atoms with van der Waals surface area (Å²) >= 11 is 0. The van der Waals surface area contributed by atoms with E-state index in [2.05, 4.69) is 50.4 Å². The lowest BCUT2D eigenvalue weighted by Crippen LogP contribution is -2.49. The first kappa shape index (κ1) is 14.5. The molecule has 0 amide bonds. The Morgan fingerprint density at radius 2 is 1.84 bits per heavy atom. The number of benzene rings is 1. The van der Waals surface area contributed by atoms with Gasteiger partial charge in [-0.05, 0) is 49.7 Å². The maximum atomic E-state index is 10.2. The molecule has 19 heavy (non-hydrogen) atoms. The minimum atomic E-state index is -0.398. The van der Waals surface area contributed by atoms with Crippen LogP contribution in [0.2, 0.25) is 0 Å². The summed E-state index contributed by atoms with van der Waals surface area (Å²) in [6.45, 7) is 7.35. The summed E-state index contributed by atoms with van der Waals surface area (Å²) in [5, 5.41) is 13.7. The van der Waals surface area contributed by atoms with Gasteiger partial charge in [0.1, 0.15) is 0 Å². The molecule has 2 nitrogen and oxygen atoms in total. The van der Waals surface area contributed by atoms with Crippen molar-refractivity contribution in [3.05, 3.63) is 35.4 Å². The van der Waals surface area contributed by atoms with Gasteiger partial charge >= 0.3 is 0 Å². The number of aliphatic hydroxyl groups is 1. The first-order chi connectivity index (χ1) is 8.98. The lowest BCUT2D eigenvalue weighted by Gasteiger charge is -2.40. The molecule has 0 bridgehead atoms. The van der Waals surface area contributed by atoms with E-state index in [4.69, 9.17) is 0 Å². The third kappa shape index (κ3) is 4.05. The highest BCUT2D eigenvalue weighted by Crippen LogP contribution is 2.31. The molecular weight excluding hydrogens is 234 g/mol. The fraction of sp³-hybridized carbons (Fsp3) is 0.647. The second kappa shape index (κ2) is 6.06. The summed E-state index contributed by atoms with van der Waals surface area (Å²) in [4.78, 5) is 0. The van der Waals surface area contributed by atoms with Crippen LogP contribution in [0.3, 0.4) is 0 Å². The molecule has 1 atom stereocenters. The van der Waals surface area contributed by atoms with Crippen molar-refractivity contribution < 1.29 is 5.11 Å². The van der Waals surface area contributed by atoms with Crippen LogP contribution >= 0.6 is 0 Å². The van der Waals surface area contributed by atoms with Gasteiger partial charge in [0.2, 0.25) is 0 Å². The zero-order chi connectivity index (χ0) is 13.9. The van der Waals surface area contributed by atoms with Crippen LogP contribution in [0, 0.1) is 5.92 Å². The summed E-state index contributed by atoms with van der Waals surface area (Å²) < 4.78 is 0. The lowest BCUT2D eigenvalue weighted by atomic mass is 9.78. The van der Waals surface area contributed by atoms with E-state index < -0.39 is 6.10 Å². The second-order valence-electron chi connectivity index (χ2n) is 6.65. The van der Waals surface area contributed by atoms with E-state index in [1.807, 2.05) is 0 Å². The molecule has 1 aromatic carbocycles. The van der Waals surface area contributed by atoms with Gasteiger partial charge in [-0.15, -0.1) is 0 Å². The molecule has 0 radical (unpaired) electrons. The van der Waals surface area contributed by atoms with E-state index >= 15 is 0 Å². The first-order valence-electron chi connectivity index (χ1n) is 7.50. The van der Waals surface area contributed by atoms with Crippen LogP contribution < -0.4 is 5.32 Å². The Labute approximate surface area is 117 Å². The van der Waals surface area contributed by atoms with Crippen LogP contribution in [-0.2, 0) is 6.42 Å². The van der Waals surface area contributed by atoms with Gasteiger partial charge in [-0.1, -0.05) is 38.1 Å². The van der Waals surface area contributed by atoms with Crippen molar-refractivity contribution in [1.82, 2.24) is 5.32 Å². The molecule has 2 rings (SSSR count). The highest BCUT2D eigenvalue weighted by atomic mass is 16.3. The van der Waals surface area contributed by atoms with Crippen molar-refractivity contribution in [3.63, 3.8) is 0 Å². The van der Waals surface area contributed by atoms with Crippen LogP contribution in [0.15, 0.2) is 24.3 Å². The van der Waals surface area contributed by atoms with Crippen molar-refractivity contribution >= 4 is 0 Å². The van der Waals surface area contributed by atoms with Crippen molar-refractivity contribution in [3.8, 4) is 0 Å². The Hall–Kier alpha value is -0.860. The normalized spacial score (nSPS) is 19.2. The van der Waals surface area contributed by atoms with E-state index in [-0.39, 0.29) is 5.54 Å². The molecule has 1 saturated carbocycles. The van der Waals surface area contributed by atoms with Crippen molar-refractivity contribution in [2.75, 3.05) is 6.54 Å². The number of hydrogen-bond acceptors (Lipinski definition) is 2. The summed E-state index contributed by atoms with van der Waals surface area (Å²) in [5.41, 5.74) is 2.63. The van der Waals surface area contributed by atoms with Gasteiger partial charge < -0.3 is 10.4 Å². The average molecular weight is 261 g/mol. The van der Waals surface area contributed by atoms with E-state index in [0.717, 1.165) is 12.0 Å². The number of aliphatic hydroxyl groups excluding tert-OH is 1. The zero-order valence-corrected chi connectivity index (χ0v) is 12.4. The van der Waals surface area contributed by atoms with Crippen LogP contribution in [0.4, 0.5) is 0 Å². The highest BCUT2D eigenvalue weighted by molar-refractivity contribution is 5.24. The molecule has 2 heteroatoms. The smallest absolute Gasteiger partial charge is 0.0914 e. The number of nitrogens with one attached hydrogen (secondary N) is 1. The van der Waals surface area contributed by atoms with Gasteiger partial charge in [-0.3, -0.25) is 0 Å². The van der Waals surface area contributed by atoms with Crippen molar-refractivity contribution in [1.29, 1.82) is 0 Å². The van der Waals surface area contributed by atoms with Crippen LogP contribution in [0.25, 0.3) is 0 Å². The molecule has 106 valence electrons. The molecule has 1 fully saturated rings. The number of hydrogen-bond donors (Lipinski definition) is 2. The molecule has 0 heterocycles. The highest BCUT2D eigenvalue weighted by Gasteiger charge is 2.31. The Kier molecular flexibility index (Phi) is 4.64. The molecule has 2 N–H and O–H groups in total. The fourth-order valence-electron chi connectivity index (χ4n) is 2.69. The van der Waals surface area contributed by atoms with E-state index in [1.54, 1.807) is 0 Å². The second-order valence-corrected chi connectivity index (χ2v) is 6.65. The van der Waals surface area contributed by atoms with Crippen molar-refractivity contribution in [2.24, 2.45) is 5.92 Å². The first-order valence-corrected chi connectivity index (χ1v) is 7.50. The SMILES string of the molecule is CC(C)Cc1ccc(C(O)CNC2(C)CCC2)cc1. The fourth-order valence-corrected chi connectivity index (χ4v) is 2.69. The van der Waals surface area contributed by atoms with E-state index in [9.17, 15) is 5.11 Å². The van der Waals surface area contributed by atoms with Gasteiger partial charge in [0.05, 0.1) is 6.10 Å². The molecule has 0 aliphatic heterocycles. The quantitative estimate of drug-likeness (QED) is 0.822. The van der Waals surface area contributed by atoms with Crippen LogP contribution in [-0.4, -0.2) is 17.2 Å². The molecule has 1 aliphatic carbocycles. The number of β-amino-alcohol motifs (C(OH)–C–C–N with tert-alkyl or cyclic N) is 1. The molecule has 0 spiro atoms. The standard InChI is InChI=1S/C17H27NO/c1-13(2)11-14-5-7-15(8-6-14)16(19)12-18-17(3)9-4-10-17/h5-8,13,16,18-19H,4,9-12H2,1-3H3. The van der Waals surface area contributed by atoms with Gasteiger partial charge in [-0.25, -0.2) is 0 Å². The maximum absolute atomic E-state index is 10.2. The molecule has 1 aliphatic rings. The van der Waals surface area contributed by atoms with Crippen molar-refractivity contribution in [2.45, 2.75) is 58.1 Å². The third-order valence-electron chi connectivity index (χ3n) is 4.19. The van der Waals surface area contributed by atoms with E-state index in [0.29, 0.717) is 12.5 Å². The minimum Gasteiger partial charge on any atom is -0.387 e. The molecular formula is C17H27NO. The number of rotatable bonds is 6. The molecule has 0 saturated heterocycles. The molecule has 1 aromatic rings. The molecule has 1 unspecified atom stereocenters. The largest absolute Gasteiger partial charge is 0.387 e. The predicted octanol–water partition coefficient (Wildman–Crippen LogP) is 3.45. The molecule has 0 aromatic heterocycles. The van der Waals surface area contributed by atoms with Crippen LogP contribution in [0.1, 0.15) is 57.3 Å². The predicted molar refractivity (Wildman–Crippen MR) is 80.2 cm³/mol. The van der Waals surface area contributed by atoms with Gasteiger partial charge in [0, 0.05) is 12.1 Å². The third-order valence-corrected chi connectivity index (χ3v) is 4.19. The Balaban J connectivity index is 1.86.